The minimum Gasteiger partial charge on any atom is -0.393 e. The van der Waals surface area contributed by atoms with Crippen LogP contribution in [0.4, 0.5) is 30.7 Å². The highest BCUT2D eigenvalue weighted by atomic mass is 19.4. The van der Waals surface area contributed by atoms with E-state index in [1.165, 1.54) is 0 Å². The minimum atomic E-state index is -6.00. The van der Waals surface area contributed by atoms with Gasteiger partial charge in [-0.05, 0) is 98.4 Å². The van der Waals surface area contributed by atoms with E-state index in [2.05, 4.69) is 13.8 Å². The molecule has 36 heavy (non-hydrogen) atoms. The second-order valence-corrected chi connectivity index (χ2v) is 12.5. The van der Waals surface area contributed by atoms with E-state index in [1.807, 2.05) is 6.92 Å². The third-order valence-corrected chi connectivity index (χ3v) is 10.8. The lowest BCUT2D eigenvalue weighted by Crippen LogP contribution is -2.54. The molecule has 0 spiro atoms. The molecule has 1 N–H and O–H groups in total. The van der Waals surface area contributed by atoms with Gasteiger partial charge in [0.15, 0.2) is 5.78 Å². The maximum atomic E-state index is 14.1. The van der Waals surface area contributed by atoms with Gasteiger partial charge in [0.05, 0.1) is 6.10 Å². The van der Waals surface area contributed by atoms with E-state index in [0.29, 0.717) is 12.8 Å². The fourth-order valence-corrected chi connectivity index (χ4v) is 8.67. The molecule has 4 aliphatic rings. The summed E-state index contributed by atoms with van der Waals surface area (Å²) in [5.74, 6) is 0.154. The molecule has 0 aromatic carbocycles. The third-order valence-electron chi connectivity index (χ3n) is 10.8. The van der Waals surface area contributed by atoms with Crippen molar-refractivity contribution < 1.29 is 40.6 Å². The Hall–Kier alpha value is -1.12. The molecule has 206 valence electrons. The number of hydrogen-bond acceptors (Lipinski definition) is 2. The predicted molar refractivity (Wildman–Crippen MR) is 121 cm³/mol. The van der Waals surface area contributed by atoms with E-state index in [9.17, 15) is 40.6 Å². The third kappa shape index (κ3) is 4.23. The van der Waals surface area contributed by atoms with Crippen molar-refractivity contribution in [1.82, 2.24) is 0 Å². The van der Waals surface area contributed by atoms with E-state index in [-0.39, 0.29) is 52.6 Å². The van der Waals surface area contributed by atoms with Gasteiger partial charge in [-0.25, -0.2) is 4.39 Å². The van der Waals surface area contributed by atoms with Crippen LogP contribution >= 0.6 is 0 Å². The van der Waals surface area contributed by atoms with Crippen LogP contribution in [0.1, 0.15) is 85.0 Å². The molecule has 8 atom stereocenters. The van der Waals surface area contributed by atoms with Gasteiger partial charge < -0.3 is 5.11 Å². The lowest BCUT2D eigenvalue weighted by atomic mass is 9.46. The summed E-state index contributed by atoms with van der Waals surface area (Å²) in [4.78, 5) is 13.4. The number of carbonyl (C=O) groups is 1. The number of hydrogen-bond donors (Lipinski definition) is 1. The Bertz CT molecular complexity index is 880. The van der Waals surface area contributed by atoms with Crippen molar-refractivity contribution in [1.29, 1.82) is 0 Å². The van der Waals surface area contributed by atoms with Crippen LogP contribution in [0.15, 0.2) is 11.6 Å². The van der Waals surface area contributed by atoms with Crippen LogP contribution in [0.5, 0.6) is 0 Å². The first-order valence-corrected chi connectivity index (χ1v) is 13.2. The van der Waals surface area contributed by atoms with Crippen LogP contribution in [0.2, 0.25) is 0 Å². The highest BCUT2D eigenvalue weighted by Gasteiger charge is 2.71. The number of aliphatic hydroxyl groups is 1. The second kappa shape index (κ2) is 8.98. The van der Waals surface area contributed by atoms with Gasteiger partial charge in [0.25, 0.3) is 5.67 Å². The molecule has 0 aromatic rings. The molecule has 0 amide bonds. The van der Waals surface area contributed by atoms with Gasteiger partial charge in [-0.2, -0.15) is 26.3 Å². The lowest BCUT2D eigenvalue weighted by molar-refractivity contribution is -0.343. The van der Waals surface area contributed by atoms with E-state index >= 15 is 0 Å². The predicted octanol–water partition coefficient (Wildman–Crippen LogP) is 7.74. The van der Waals surface area contributed by atoms with Crippen LogP contribution in [0, 0.1) is 40.4 Å². The summed E-state index contributed by atoms with van der Waals surface area (Å²) < 4.78 is 91.7. The van der Waals surface area contributed by atoms with Gasteiger partial charge in [0.1, 0.15) is 0 Å². The Morgan fingerprint density at radius 1 is 0.972 bits per heavy atom. The highest BCUT2D eigenvalue weighted by molar-refractivity contribution is 5.94. The molecule has 3 saturated carbocycles. The first-order valence-electron chi connectivity index (χ1n) is 13.2. The summed E-state index contributed by atoms with van der Waals surface area (Å²) in [6.07, 6.45) is -7.40. The highest BCUT2D eigenvalue weighted by Crippen LogP contribution is 2.66. The molecule has 9 heteroatoms. The Morgan fingerprint density at radius 2 is 1.61 bits per heavy atom. The van der Waals surface area contributed by atoms with Gasteiger partial charge in [0.2, 0.25) is 0 Å². The summed E-state index contributed by atoms with van der Waals surface area (Å²) >= 11 is 0. The number of ketones is 1. The summed E-state index contributed by atoms with van der Waals surface area (Å²) in [7, 11) is 0. The summed E-state index contributed by atoms with van der Waals surface area (Å²) in [5.41, 5.74) is -4.50. The van der Waals surface area contributed by atoms with Crippen molar-refractivity contribution in [2.75, 3.05) is 0 Å². The second-order valence-electron chi connectivity index (χ2n) is 12.5. The zero-order chi connectivity index (χ0) is 26.9. The molecule has 0 heterocycles. The van der Waals surface area contributed by atoms with Crippen LogP contribution in [-0.2, 0) is 4.79 Å². The number of allylic oxidation sites excluding steroid dienone is 1. The number of aliphatic hydroxyl groups excluding tert-OH is 1. The number of alkyl halides is 7. The molecule has 4 aliphatic carbocycles. The first kappa shape index (κ1) is 27.9. The fraction of sp³-hybridized carbons (Fsp3) is 0.889. The zero-order valence-corrected chi connectivity index (χ0v) is 21.1. The zero-order valence-electron chi connectivity index (χ0n) is 21.1. The van der Waals surface area contributed by atoms with Crippen LogP contribution < -0.4 is 0 Å². The van der Waals surface area contributed by atoms with Gasteiger partial charge in [-0.1, -0.05) is 32.8 Å². The van der Waals surface area contributed by atoms with Crippen molar-refractivity contribution in [2.45, 2.75) is 109 Å². The van der Waals surface area contributed by atoms with Crippen molar-refractivity contribution in [2.24, 2.45) is 40.4 Å². The standard InChI is InChI=1S/C27H37F7O2/c1-15(5-4-10-25(28,26(29,30)31)27(32,33)34)18-6-7-19-22-20(9-12-24(18,19)3)23(2)11-8-17(35)13-16(23)14-21(22)36/h14-15,17-20,22,35H,4-13H2,1-3H3/t15-,17?,18-,19+,20+,22+,23+,24-/m1/s1. The topological polar surface area (TPSA) is 37.3 Å². The van der Waals surface area contributed by atoms with Gasteiger partial charge in [0, 0.05) is 5.92 Å². The molecule has 2 nitrogen and oxygen atoms in total. The summed E-state index contributed by atoms with van der Waals surface area (Å²) in [5, 5.41) is 10.1. The van der Waals surface area contributed by atoms with Crippen LogP contribution in [0.25, 0.3) is 0 Å². The molecule has 0 radical (unpaired) electrons. The Labute approximate surface area is 208 Å². The number of halogens is 7. The molecule has 3 fully saturated rings. The van der Waals surface area contributed by atoms with Crippen molar-refractivity contribution in [3.63, 3.8) is 0 Å². The normalized spacial score (nSPS) is 40.2. The smallest absolute Gasteiger partial charge is 0.393 e. The largest absolute Gasteiger partial charge is 0.431 e. The van der Waals surface area contributed by atoms with Crippen LogP contribution in [-0.4, -0.2) is 35.0 Å². The average molecular weight is 527 g/mol. The first-order chi connectivity index (χ1) is 16.5. The summed E-state index contributed by atoms with van der Waals surface area (Å²) in [6.45, 7) is 6.18. The molecule has 4 rings (SSSR count). The molecule has 0 saturated heterocycles. The Balaban J connectivity index is 1.47. The molecule has 0 bridgehead atoms. The van der Waals surface area contributed by atoms with E-state index in [4.69, 9.17) is 0 Å². The molecule has 1 unspecified atom stereocenters. The van der Waals surface area contributed by atoms with Gasteiger partial charge >= 0.3 is 12.4 Å². The fourth-order valence-electron chi connectivity index (χ4n) is 8.67. The van der Waals surface area contributed by atoms with Crippen molar-refractivity contribution >= 4 is 5.78 Å². The van der Waals surface area contributed by atoms with Crippen molar-refractivity contribution in [3.05, 3.63) is 11.6 Å². The minimum absolute atomic E-state index is 0.0633. The SMILES string of the molecule is C[C@H](CCCC(F)(C(F)(F)F)C(F)(F)F)[C@H]1CC[C@H]2[C@@H]3C(=O)C=C4CC(O)CC[C@]4(C)[C@H]3CC[C@]12C. The maximum absolute atomic E-state index is 14.1. The number of rotatable bonds is 5. The summed E-state index contributed by atoms with van der Waals surface area (Å²) in [6, 6.07) is 0. The van der Waals surface area contributed by atoms with Gasteiger partial charge in [-0.15, -0.1) is 0 Å². The Kier molecular flexibility index (Phi) is 6.96. The molecular weight excluding hydrogens is 489 g/mol. The molecule has 0 aromatic heterocycles. The molecule has 0 aliphatic heterocycles. The quantitative estimate of drug-likeness (QED) is 0.372. The van der Waals surface area contributed by atoms with E-state index < -0.39 is 37.0 Å². The van der Waals surface area contributed by atoms with E-state index in [1.54, 1.807) is 6.08 Å². The number of carbonyl (C=O) groups excluding carboxylic acids is 1. The Morgan fingerprint density at radius 3 is 2.22 bits per heavy atom. The van der Waals surface area contributed by atoms with E-state index in [0.717, 1.165) is 37.7 Å². The average Bonchev–Trinajstić information content (AvgIpc) is 3.10. The van der Waals surface area contributed by atoms with Crippen molar-refractivity contribution in [3.8, 4) is 0 Å². The number of fused-ring (bicyclic) bond motifs is 5. The monoisotopic (exact) mass is 526 g/mol. The van der Waals surface area contributed by atoms with Crippen LogP contribution in [0.3, 0.4) is 0 Å². The molecular formula is C27H37F7O2. The van der Waals surface area contributed by atoms with Gasteiger partial charge in [-0.3, -0.25) is 4.79 Å². The maximum Gasteiger partial charge on any atom is 0.431 e. The lowest BCUT2D eigenvalue weighted by Gasteiger charge is -2.57.